The van der Waals surface area contributed by atoms with Gasteiger partial charge in [0.15, 0.2) is 0 Å². The van der Waals surface area contributed by atoms with Crippen molar-refractivity contribution < 1.29 is 4.74 Å². The number of hydrogen-bond acceptors (Lipinski definition) is 3. The van der Waals surface area contributed by atoms with Crippen LogP contribution in [0.5, 0.6) is 5.75 Å². The van der Waals surface area contributed by atoms with Crippen molar-refractivity contribution >= 4 is 22.6 Å². The summed E-state index contributed by atoms with van der Waals surface area (Å²) in [4.78, 5) is 4.86. The van der Waals surface area contributed by atoms with E-state index in [4.69, 9.17) is 21.3 Å². The molecule has 0 bridgehead atoms. The van der Waals surface area contributed by atoms with E-state index < -0.39 is 0 Å². The largest absolute Gasteiger partial charge is 0.497 e. The first kappa shape index (κ1) is 18.5. The fourth-order valence-corrected chi connectivity index (χ4v) is 3.41. The highest BCUT2D eigenvalue weighted by molar-refractivity contribution is 6.30. The monoisotopic (exact) mass is 391 g/mol. The molecule has 0 fully saturated rings. The van der Waals surface area contributed by atoms with E-state index in [1.54, 1.807) is 7.11 Å². The van der Waals surface area contributed by atoms with Gasteiger partial charge >= 0.3 is 0 Å². The van der Waals surface area contributed by atoms with Crippen molar-refractivity contribution in [2.75, 3.05) is 7.11 Å². The summed E-state index contributed by atoms with van der Waals surface area (Å²) in [6, 6.07) is 24.4. The molecule has 0 aliphatic heterocycles. The summed E-state index contributed by atoms with van der Waals surface area (Å²) in [6.07, 6.45) is 0. The molecule has 0 saturated carbocycles. The number of halogens is 1. The predicted octanol–water partition coefficient (Wildman–Crippen LogP) is 5.04. The maximum absolute atomic E-state index is 5.97. The zero-order valence-electron chi connectivity index (χ0n) is 15.7. The molecule has 4 rings (SSSR count). The van der Waals surface area contributed by atoms with Crippen LogP contribution < -0.4 is 10.1 Å². The highest BCUT2D eigenvalue weighted by Gasteiger charge is 2.12. The number of fused-ring (bicyclic) bond motifs is 1. The summed E-state index contributed by atoms with van der Waals surface area (Å²) in [5.41, 5.74) is 4.49. The zero-order chi connectivity index (χ0) is 19.3. The van der Waals surface area contributed by atoms with E-state index in [1.165, 1.54) is 11.1 Å². The molecule has 0 radical (unpaired) electrons. The van der Waals surface area contributed by atoms with Crippen LogP contribution in [0.4, 0.5) is 0 Å². The first-order chi connectivity index (χ1) is 13.7. The number of nitrogens with one attached hydrogen (secondary N) is 1. The molecule has 1 N–H and O–H groups in total. The molecule has 3 aromatic carbocycles. The van der Waals surface area contributed by atoms with Crippen LogP contribution in [-0.2, 0) is 19.6 Å². The van der Waals surface area contributed by atoms with Crippen LogP contribution in [0.25, 0.3) is 11.0 Å². The lowest BCUT2D eigenvalue weighted by Crippen LogP contribution is -2.17. The standard InChI is InChI=1S/C23H22ClN3O/c1-28-20-11-12-22-21(13-20)26-23(27(22)16-18-5-3-2-4-6-18)15-25-14-17-7-9-19(24)10-8-17/h2-13,25H,14-16H2,1H3. The Bertz CT molecular complexity index is 1060. The van der Waals surface area contributed by atoms with Crippen molar-refractivity contribution in [3.05, 3.63) is 94.8 Å². The molecule has 0 unspecified atom stereocenters. The van der Waals surface area contributed by atoms with Crippen LogP contribution in [0.2, 0.25) is 5.02 Å². The van der Waals surface area contributed by atoms with E-state index in [2.05, 4.69) is 40.2 Å². The molecule has 1 heterocycles. The van der Waals surface area contributed by atoms with Crippen molar-refractivity contribution in [3.63, 3.8) is 0 Å². The van der Waals surface area contributed by atoms with Crippen molar-refractivity contribution in [1.82, 2.24) is 14.9 Å². The third-order valence-electron chi connectivity index (χ3n) is 4.74. The van der Waals surface area contributed by atoms with Gasteiger partial charge < -0.3 is 14.6 Å². The number of imidazole rings is 1. The van der Waals surface area contributed by atoms with Crippen molar-refractivity contribution in [3.8, 4) is 5.75 Å². The fraction of sp³-hybridized carbons (Fsp3) is 0.174. The van der Waals surface area contributed by atoms with Gasteiger partial charge in [-0.25, -0.2) is 4.98 Å². The van der Waals surface area contributed by atoms with E-state index in [-0.39, 0.29) is 0 Å². The molecule has 4 aromatic rings. The average Bonchev–Trinajstić information content (AvgIpc) is 3.06. The van der Waals surface area contributed by atoms with Crippen molar-refractivity contribution in [2.45, 2.75) is 19.6 Å². The third kappa shape index (κ3) is 4.19. The lowest BCUT2D eigenvalue weighted by atomic mass is 10.2. The minimum atomic E-state index is 0.673. The van der Waals surface area contributed by atoms with Gasteiger partial charge in [-0.3, -0.25) is 0 Å². The van der Waals surface area contributed by atoms with Gasteiger partial charge in [0.1, 0.15) is 11.6 Å². The number of rotatable bonds is 7. The van der Waals surface area contributed by atoms with E-state index >= 15 is 0 Å². The van der Waals surface area contributed by atoms with Crippen LogP contribution in [-0.4, -0.2) is 16.7 Å². The molecule has 0 atom stereocenters. The first-order valence-corrected chi connectivity index (χ1v) is 9.63. The minimum absolute atomic E-state index is 0.673. The van der Waals surface area contributed by atoms with Crippen molar-refractivity contribution in [2.24, 2.45) is 0 Å². The summed E-state index contributed by atoms with van der Waals surface area (Å²) in [5.74, 6) is 1.82. The molecule has 0 aliphatic carbocycles. The molecule has 0 spiro atoms. The summed E-state index contributed by atoms with van der Waals surface area (Å²) in [7, 11) is 1.68. The summed E-state index contributed by atoms with van der Waals surface area (Å²) >= 11 is 5.97. The Morgan fingerprint density at radius 1 is 0.929 bits per heavy atom. The van der Waals surface area contributed by atoms with Gasteiger partial charge in [-0.05, 0) is 35.4 Å². The molecule has 0 amide bonds. The van der Waals surface area contributed by atoms with Gasteiger partial charge in [0.25, 0.3) is 0 Å². The second kappa shape index (κ2) is 8.46. The number of aromatic nitrogens is 2. The summed E-state index contributed by atoms with van der Waals surface area (Å²) in [5, 5.41) is 4.25. The second-order valence-electron chi connectivity index (χ2n) is 6.68. The van der Waals surface area contributed by atoms with E-state index in [9.17, 15) is 0 Å². The Kier molecular flexibility index (Phi) is 5.60. The van der Waals surface area contributed by atoms with Crippen LogP contribution in [0, 0.1) is 0 Å². The van der Waals surface area contributed by atoms with E-state index in [1.807, 2.05) is 42.5 Å². The van der Waals surface area contributed by atoms with E-state index in [0.717, 1.165) is 40.7 Å². The SMILES string of the molecule is COc1ccc2c(c1)nc(CNCc1ccc(Cl)cc1)n2Cc1ccccc1. The van der Waals surface area contributed by atoms with Crippen molar-refractivity contribution in [1.29, 1.82) is 0 Å². The molecule has 4 nitrogen and oxygen atoms in total. The normalized spacial score (nSPS) is 11.1. The maximum Gasteiger partial charge on any atom is 0.124 e. The van der Waals surface area contributed by atoms with Crippen LogP contribution in [0.15, 0.2) is 72.8 Å². The molecule has 142 valence electrons. The Labute approximate surface area is 169 Å². The lowest BCUT2D eigenvalue weighted by Gasteiger charge is -2.11. The number of benzene rings is 3. The molecule has 1 aromatic heterocycles. The number of nitrogens with zero attached hydrogens (tertiary/aromatic N) is 2. The average molecular weight is 392 g/mol. The molecular weight excluding hydrogens is 370 g/mol. The highest BCUT2D eigenvalue weighted by Crippen LogP contribution is 2.23. The van der Waals surface area contributed by atoms with Crippen LogP contribution in [0.1, 0.15) is 17.0 Å². The smallest absolute Gasteiger partial charge is 0.124 e. The maximum atomic E-state index is 5.97. The van der Waals surface area contributed by atoms with E-state index in [0.29, 0.717) is 6.54 Å². The zero-order valence-corrected chi connectivity index (χ0v) is 16.5. The third-order valence-corrected chi connectivity index (χ3v) is 5.00. The number of methoxy groups -OCH3 is 1. The molecule has 5 heteroatoms. The molecule has 0 aliphatic rings. The van der Waals surface area contributed by atoms with Gasteiger partial charge in [-0.1, -0.05) is 54.1 Å². The number of hydrogen-bond donors (Lipinski definition) is 1. The topological polar surface area (TPSA) is 39.1 Å². The Hall–Kier alpha value is -2.82. The van der Waals surface area contributed by atoms with Gasteiger partial charge in [0.05, 0.1) is 24.7 Å². The Morgan fingerprint density at radius 3 is 2.46 bits per heavy atom. The summed E-state index contributed by atoms with van der Waals surface area (Å²) in [6.45, 7) is 2.21. The predicted molar refractivity (Wildman–Crippen MR) is 114 cm³/mol. The first-order valence-electron chi connectivity index (χ1n) is 9.25. The molecule has 28 heavy (non-hydrogen) atoms. The fourth-order valence-electron chi connectivity index (χ4n) is 3.28. The minimum Gasteiger partial charge on any atom is -0.497 e. The van der Waals surface area contributed by atoms with Gasteiger partial charge in [0, 0.05) is 24.2 Å². The van der Waals surface area contributed by atoms with Gasteiger partial charge in [-0.15, -0.1) is 0 Å². The summed E-state index contributed by atoms with van der Waals surface area (Å²) < 4.78 is 7.63. The van der Waals surface area contributed by atoms with Crippen LogP contribution in [0.3, 0.4) is 0 Å². The van der Waals surface area contributed by atoms with Gasteiger partial charge in [0.2, 0.25) is 0 Å². The Balaban J connectivity index is 1.59. The molecular formula is C23H22ClN3O. The second-order valence-corrected chi connectivity index (χ2v) is 7.12. The van der Waals surface area contributed by atoms with Gasteiger partial charge in [-0.2, -0.15) is 0 Å². The highest BCUT2D eigenvalue weighted by atomic mass is 35.5. The quantitative estimate of drug-likeness (QED) is 0.480. The lowest BCUT2D eigenvalue weighted by molar-refractivity contribution is 0.415. The Morgan fingerprint density at radius 2 is 1.71 bits per heavy atom. The number of ether oxygens (including phenoxy) is 1. The molecule has 0 saturated heterocycles. The van der Waals surface area contributed by atoms with Crippen LogP contribution >= 0.6 is 11.6 Å².